The van der Waals surface area contributed by atoms with Crippen molar-refractivity contribution in [2.45, 2.75) is 83.7 Å². The minimum absolute atomic E-state index is 0.0153. The van der Waals surface area contributed by atoms with Gasteiger partial charge in [0.1, 0.15) is 12.4 Å². The van der Waals surface area contributed by atoms with E-state index in [0.717, 1.165) is 5.57 Å². The van der Waals surface area contributed by atoms with Gasteiger partial charge in [0.15, 0.2) is 0 Å². The Hall–Kier alpha value is -1.50. The number of carbonyl (C=O) groups is 2. The van der Waals surface area contributed by atoms with Crippen LogP contribution in [0.1, 0.15) is 59.3 Å². The molecular formula is C23H36O6. The molecule has 0 aromatic heterocycles. The van der Waals surface area contributed by atoms with Gasteiger partial charge in [-0.25, -0.2) is 0 Å². The summed E-state index contributed by atoms with van der Waals surface area (Å²) in [5.74, 6) is -0.0318. The fourth-order valence-corrected chi connectivity index (χ4v) is 4.44. The lowest BCUT2D eigenvalue weighted by Gasteiger charge is -2.43. The van der Waals surface area contributed by atoms with E-state index < -0.39 is 18.3 Å². The van der Waals surface area contributed by atoms with E-state index in [1.807, 2.05) is 26.0 Å². The number of aldehydes is 1. The molecule has 164 valence electrons. The Balaban J connectivity index is 2.11. The number of carbonyl (C=O) groups excluding carboxylic acids is 2. The van der Waals surface area contributed by atoms with E-state index >= 15 is 0 Å². The summed E-state index contributed by atoms with van der Waals surface area (Å²) >= 11 is 0. The highest BCUT2D eigenvalue weighted by Crippen LogP contribution is 2.44. The van der Waals surface area contributed by atoms with E-state index in [1.54, 1.807) is 0 Å². The predicted octanol–water partition coefficient (Wildman–Crippen LogP) is 2.55. The van der Waals surface area contributed by atoms with Gasteiger partial charge in [-0.05, 0) is 43.1 Å². The molecular weight excluding hydrogens is 372 g/mol. The second-order valence-corrected chi connectivity index (χ2v) is 8.69. The molecule has 0 saturated heterocycles. The van der Waals surface area contributed by atoms with Crippen LogP contribution in [0, 0.1) is 23.7 Å². The molecule has 0 amide bonds. The molecule has 0 aromatic rings. The van der Waals surface area contributed by atoms with E-state index in [9.17, 15) is 24.9 Å². The van der Waals surface area contributed by atoms with Gasteiger partial charge in [0.2, 0.25) is 0 Å². The third-order valence-corrected chi connectivity index (χ3v) is 6.40. The zero-order valence-corrected chi connectivity index (χ0v) is 17.7. The molecule has 0 heterocycles. The first-order valence-electron chi connectivity index (χ1n) is 10.8. The third-order valence-electron chi connectivity index (χ3n) is 6.40. The highest BCUT2D eigenvalue weighted by atomic mass is 16.5. The number of aliphatic hydroxyl groups is 3. The summed E-state index contributed by atoms with van der Waals surface area (Å²) in [6, 6.07) is 0. The average Bonchev–Trinajstić information content (AvgIpc) is 2.66. The van der Waals surface area contributed by atoms with Crippen molar-refractivity contribution in [3.8, 4) is 0 Å². The quantitative estimate of drug-likeness (QED) is 0.379. The summed E-state index contributed by atoms with van der Waals surface area (Å²) in [6.07, 6.45) is 6.58. The smallest absolute Gasteiger partial charge is 0.308 e. The average molecular weight is 409 g/mol. The molecule has 0 aromatic carbocycles. The van der Waals surface area contributed by atoms with E-state index in [2.05, 4.69) is 13.0 Å². The molecule has 8 unspecified atom stereocenters. The van der Waals surface area contributed by atoms with Gasteiger partial charge in [-0.15, -0.1) is 0 Å². The lowest BCUT2D eigenvalue weighted by Crippen LogP contribution is -2.43. The van der Waals surface area contributed by atoms with Gasteiger partial charge in [-0.1, -0.05) is 39.0 Å². The fraction of sp³-hybridized carbons (Fsp3) is 0.739. The van der Waals surface area contributed by atoms with Crippen LogP contribution in [0.3, 0.4) is 0 Å². The molecule has 0 aliphatic heterocycles. The monoisotopic (exact) mass is 408 g/mol. The van der Waals surface area contributed by atoms with E-state index in [4.69, 9.17) is 4.74 Å². The molecule has 2 aliphatic rings. The largest absolute Gasteiger partial charge is 0.461 e. The van der Waals surface area contributed by atoms with Crippen LogP contribution in [-0.4, -0.2) is 52.0 Å². The number of hydrogen-bond donors (Lipinski definition) is 3. The van der Waals surface area contributed by atoms with Crippen LogP contribution in [-0.2, 0) is 14.3 Å². The maximum absolute atomic E-state index is 12.4. The van der Waals surface area contributed by atoms with Crippen molar-refractivity contribution in [2.75, 3.05) is 0 Å². The minimum Gasteiger partial charge on any atom is -0.461 e. The van der Waals surface area contributed by atoms with E-state index in [1.165, 1.54) is 0 Å². The highest BCUT2D eigenvalue weighted by molar-refractivity contribution is 5.72. The molecule has 0 radical (unpaired) electrons. The lowest BCUT2D eigenvalue weighted by atomic mass is 9.66. The summed E-state index contributed by atoms with van der Waals surface area (Å²) in [4.78, 5) is 22.9. The number of aliphatic hydroxyl groups excluding tert-OH is 3. The second-order valence-electron chi connectivity index (χ2n) is 8.69. The number of esters is 1. The van der Waals surface area contributed by atoms with Crippen molar-refractivity contribution in [1.82, 2.24) is 0 Å². The van der Waals surface area contributed by atoms with Crippen molar-refractivity contribution in [3.05, 3.63) is 23.8 Å². The summed E-state index contributed by atoms with van der Waals surface area (Å²) in [7, 11) is 0. The highest BCUT2D eigenvalue weighted by Gasteiger charge is 2.42. The predicted molar refractivity (Wildman–Crippen MR) is 110 cm³/mol. The van der Waals surface area contributed by atoms with Gasteiger partial charge in [0.05, 0.1) is 24.2 Å². The zero-order chi connectivity index (χ0) is 21.6. The molecule has 2 rings (SSSR count). The Bertz CT molecular complexity index is 612. The van der Waals surface area contributed by atoms with Crippen molar-refractivity contribution >= 4 is 12.3 Å². The number of rotatable bonds is 10. The van der Waals surface area contributed by atoms with Crippen molar-refractivity contribution in [3.63, 3.8) is 0 Å². The Morgan fingerprint density at radius 2 is 2.07 bits per heavy atom. The zero-order valence-electron chi connectivity index (χ0n) is 17.7. The maximum Gasteiger partial charge on any atom is 0.308 e. The fourth-order valence-electron chi connectivity index (χ4n) is 4.44. The van der Waals surface area contributed by atoms with Crippen LogP contribution in [0.2, 0.25) is 0 Å². The molecule has 0 fully saturated rings. The standard InChI is InChI=1S/C23H36O6/c1-4-14(2)23(28)29-21-13-19(27)11-16-6-5-15(3)20(22(16)21)8-7-17(25)12-18(26)9-10-24/h5-6,10-11,14-15,17-22,25-27H,4,7-9,12-13H2,1-3H3. The third kappa shape index (κ3) is 6.49. The lowest BCUT2D eigenvalue weighted by molar-refractivity contribution is -0.159. The Morgan fingerprint density at radius 3 is 2.72 bits per heavy atom. The number of ether oxygens (including phenoxy) is 1. The van der Waals surface area contributed by atoms with Crippen LogP contribution in [0.5, 0.6) is 0 Å². The first kappa shape index (κ1) is 23.8. The van der Waals surface area contributed by atoms with Crippen LogP contribution in [0.4, 0.5) is 0 Å². The van der Waals surface area contributed by atoms with Gasteiger partial charge in [0.25, 0.3) is 0 Å². The minimum atomic E-state index is -0.823. The molecule has 2 aliphatic carbocycles. The molecule has 0 saturated carbocycles. The van der Waals surface area contributed by atoms with Crippen molar-refractivity contribution in [2.24, 2.45) is 23.7 Å². The summed E-state index contributed by atoms with van der Waals surface area (Å²) in [5, 5.41) is 30.3. The maximum atomic E-state index is 12.4. The summed E-state index contributed by atoms with van der Waals surface area (Å²) < 4.78 is 5.85. The first-order chi connectivity index (χ1) is 13.8. The van der Waals surface area contributed by atoms with E-state index in [0.29, 0.717) is 32.0 Å². The molecule has 8 atom stereocenters. The summed E-state index contributed by atoms with van der Waals surface area (Å²) in [5.41, 5.74) is 0.990. The Morgan fingerprint density at radius 1 is 1.34 bits per heavy atom. The molecule has 0 bridgehead atoms. The summed E-state index contributed by atoms with van der Waals surface area (Å²) in [6.45, 7) is 5.91. The normalized spacial score (nSPS) is 31.9. The topological polar surface area (TPSA) is 104 Å². The van der Waals surface area contributed by atoms with Crippen molar-refractivity contribution in [1.29, 1.82) is 0 Å². The molecule has 3 N–H and O–H groups in total. The second kappa shape index (κ2) is 11.0. The van der Waals surface area contributed by atoms with Gasteiger partial charge < -0.3 is 24.9 Å². The molecule has 6 nitrogen and oxygen atoms in total. The SMILES string of the molecule is CCC(C)C(=O)OC1CC(O)C=C2C=CC(C)C(CCC(O)CC(O)CC=O)C21. The van der Waals surface area contributed by atoms with Crippen molar-refractivity contribution < 1.29 is 29.6 Å². The van der Waals surface area contributed by atoms with Gasteiger partial charge in [-0.3, -0.25) is 4.79 Å². The molecule has 29 heavy (non-hydrogen) atoms. The van der Waals surface area contributed by atoms with Gasteiger partial charge >= 0.3 is 5.97 Å². The number of fused-ring (bicyclic) bond motifs is 1. The molecule has 6 heteroatoms. The Labute approximate surface area is 173 Å². The number of allylic oxidation sites excluding steroid dienone is 2. The van der Waals surface area contributed by atoms with Gasteiger partial charge in [-0.2, -0.15) is 0 Å². The van der Waals surface area contributed by atoms with Crippen LogP contribution >= 0.6 is 0 Å². The van der Waals surface area contributed by atoms with Crippen LogP contribution < -0.4 is 0 Å². The van der Waals surface area contributed by atoms with Crippen LogP contribution in [0.15, 0.2) is 23.8 Å². The molecule has 0 spiro atoms. The Kier molecular flexibility index (Phi) is 9.05. The van der Waals surface area contributed by atoms with Crippen LogP contribution in [0.25, 0.3) is 0 Å². The number of hydrogen-bond acceptors (Lipinski definition) is 6. The van der Waals surface area contributed by atoms with Gasteiger partial charge in [0, 0.05) is 18.8 Å². The first-order valence-corrected chi connectivity index (χ1v) is 10.8. The van der Waals surface area contributed by atoms with E-state index in [-0.39, 0.29) is 48.6 Å².